The molecule has 0 bridgehead atoms. The number of likely N-dealkylation sites (tertiary alicyclic amines) is 1. The van der Waals surface area contributed by atoms with Gasteiger partial charge in [0.15, 0.2) is 5.82 Å². The van der Waals surface area contributed by atoms with Gasteiger partial charge in [0, 0.05) is 43.0 Å². The van der Waals surface area contributed by atoms with Crippen LogP contribution in [0.15, 0.2) is 91.3 Å². The lowest BCUT2D eigenvalue weighted by Gasteiger charge is -2.24. The predicted molar refractivity (Wildman–Crippen MR) is 180 cm³/mol. The SMILES string of the molecule is CCCCCCCOc1ccc(-c2cnc(-c3ccc(CC(NC(=O)OCc4ccccc4)C(=O)N4CCCC4)cc3)nc2)cc1. The number of amides is 2. The molecule has 1 aromatic heterocycles. The number of carbonyl (C=O) groups is 2. The van der Waals surface area contributed by atoms with Gasteiger partial charge in [-0.3, -0.25) is 4.79 Å². The lowest BCUT2D eigenvalue weighted by Crippen LogP contribution is -2.49. The zero-order valence-corrected chi connectivity index (χ0v) is 26.7. The van der Waals surface area contributed by atoms with E-state index in [-0.39, 0.29) is 12.5 Å². The van der Waals surface area contributed by atoms with Crippen molar-refractivity contribution in [2.45, 2.75) is 70.9 Å². The maximum Gasteiger partial charge on any atom is 0.408 e. The van der Waals surface area contributed by atoms with Crippen LogP contribution in [0.5, 0.6) is 5.75 Å². The van der Waals surface area contributed by atoms with Gasteiger partial charge >= 0.3 is 6.09 Å². The summed E-state index contributed by atoms with van der Waals surface area (Å²) >= 11 is 0. The average Bonchev–Trinajstić information content (AvgIpc) is 3.65. The fourth-order valence-corrected chi connectivity index (χ4v) is 5.56. The van der Waals surface area contributed by atoms with Crippen molar-refractivity contribution in [3.8, 4) is 28.3 Å². The molecule has 240 valence electrons. The van der Waals surface area contributed by atoms with Crippen molar-refractivity contribution in [2.75, 3.05) is 19.7 Å². The van der Waals surface area contributed by atoms with E-state index in [1.54, 1.807) is 0 Å². The highest BCUT2D eigenvalue weighted by molar-refractivity contribution is 5.86. The second kappa shape index (κ2) is 17.1. The minimum Gasteiger partial charge on any atom is -0.494 e. The van der Waals surface area contributed by atoms with E-state index < -0.39 is 12.1 Å². The molecule has 1 fully saturated rings. The Kier molecular flexibility index (Phi) is 12.1. The van der Waals surface area contributed by atoms with Crippen LogP contribution in [0.1, 0.15) is 63.0 Å². The number of nitrogens with zero attached hydrogens (tertiary/aromatic N) is 3. The summed E-state index contributed by atoms with van der Waals surface area (Å²) < 4.78 is 11.3. The second-order valence-corrected chi connectivity index (χ2v) is 11.8. The number of carbonyl (C=O) groups excluding carboxylic acids is 2. The molecule has 2 heterocycles. The summed E-state index contributed by atoms with van der Waals surface area (Å²) in [6.45, 7) is 4.52. The highest BCUT2D eigenvalue weighted by atomic mass is 16.5. The van der Waals surface area contributed by atoms with Gasteiger partial charge in [0.2, 0.25) is 5.91 Å². The van der Waals surface area contributed by atoms with E-state index >= 15 is 0 Å². The Morgan fingerprint density at radius 1 is 0.783 bits per heavy atom. The summed E-state index contributed by atoms with van der Waals surface area (Å²) in [5.74, 6) is 1.41. The highest BCUT2D eigenvalue weighted by Gasteiger charge is 2.28. The molecule has 4 aromatic rings. The Labute approximate surface area is 272 Å². The summed E-state index contributed by atoms with van der Waals surface area (Å²) in [4.78, 5) is 37.1. The molecule has 3 aromatic carbocycles. The van der Waals surface area contributed by atoms with E-state index in [0.29, 0.717) is 25.3 Å². The molecule has 8 heteroatoms. The Bertz CT molecular complexity index is 1500. The summed E-state index contributed by atoms with van der Waals surface area (Å²) in [5, 5.41) is 2.82. The van der Waals surface area contributed by atoms with Gasteiger partial charge in [0.1, 0.15) is 18.4 Å². The van der Waals surface area contributed by atoms with Gasteiger partial charge in [-0.05, 0) is 48.1 Å². The normalized spacial score (nSPS) is 13.3. The summed E-state index contributed by atoms with van der Waals surface area (Å²) in [6, 6.07) is 24.6. The number of hydrogen-bond acceptors (Lipinski definition) is 6. The molecular weight excluding hydrogens is 576 g/mol. The third-order valence-corrected chi connectivity index (χ3v) is 8.23. The van der Waals surface area contributed by atoms with Crippen molar-refractivity contribution in [3.05, 3.63) is 102 Å². The number of hydrogen-bond donors (Lipinski definition) is 1. The van der Waals surface area contributed by atoms with Crippen LogP contribution in [0.3, 0.4) is 0 Å². The molecule has 1 saturated heterocycles. The van der Waals surface area contributed by atoms with Crippen LogP contribution in [-0.4, -0.2) is 52.6 Å². The maximum absolute atomic E-state index is 13.3. The number of unbranched alkanes of at least 4 members (excludes halogenated alkanes) is 4. The standard InChI is InChI=1S/C38H44N4O4/c1-2-3-4-5-11-24-45-34-20-18-31(19-21-34)33-26-39-36(40-27-33)32-16-14-29(15-17-32)25-35(37(43)42-22-9-10-23-42)41-38(44)46-28-30-12-7-6-8-13-30/h6-8,12-21,26-27,35H,2-5,9-11,22-25,28H2,1H3,(H,41,44). The third-order valence-electron chi connectivity index (χ3n) is 8.23. The fraction of sp³-hybridized carbons (Fsp3) is 0.368. The molecule has 46 heavy (non-hydrogen) atoms. The average molecular weight is 621 g/mol. The van der Waals surface area contributed by atoms with Gasteiger partial charge in [0.05, 0.1) is 6.61 Å². The first kappa shape index (κ1) is 32.7. The van der Waals surface area contributed by atoms with Crippen LogP contribution in [0, 0.1) is 0 Å². The first-order valence-electron chi connectivity index (χ1n) is 16.5. The molecular formula is C38H44N4O4. The van der Waals surface area contributed by atoms with Crippen LogP contribution < -0.4 is 10.1 Å². The van der Waals surface area contributed by atoms with E-state index in [0.717, 1.165) is 59.4 Å². The predicted octanol–water partition coefficient (Wildman–Crippen LogP) is 7.62. The van der Waals surface area contributed by atoms with Crippen molar-refractivity contribution >= 4 is 12.0 Å². The van der Waals surface area contributed by atoms with E-state index in [2.05, 4.69) is 22.2 Å². The lowest BCUT2D eigenvalue weighted by atomic mass is 10.0. The highest BCUT2D eigenvalue weighted by Crippen LogP contribution is 2.24. The van der Waals surface area contributed by atoms with Gasteiger partial charge in [0.25, 0.3) is 0 Å². The van der Waals surface area contributed by atoms with E-state index in [4.69, 9.17) is 9.47 Å². The second-order valence-electron chi connectivity index (χ2n) is 11.8. The Hall–Kier alpha value is -4.72. The maximum atomic E-state index is 13.3. The monoisotopic (exact) mass is 620 g/mol. The molecule has 5 rings (SSSR count). The smallest absolute Gasteiger partial charge is 0.408 e. The number of alkyl carbamates (subject to hydrolysis) is 1. The van der Waals surface area contributed by atoms with Crippen LogP contribution >= 0.6 is 0 Å². The molecule has 1 atom stereocenters. The largest absolute Gasteiger partial charge is 0.494 e. The first-order valence-corrected chi connectivity index (χ1v) is 16.5. The van der Waals surface area contributed by atoms with Crippen LogP contribution in [0.25, 0.3) is 22.5 Å². The van der Waals surface area contributed by atoms with Gasteiger partial charge in [-0.1, -0.05) is 99.3 Å². The fourth-order valence-electron chi connectivity index (χ4n) is 5.56. The first-order chi connectivity index (χ1) is 22.6. The summed E-state index contributed by atoms with van der Waals surface area (Å²) in [7, 11) is 0. The Balaban J connectivity index is 1.17. The number of rotatable bonds is 15. The molecule has 8 nitrogen and oxygen atoms in total. The molecule has 0 radical (unpaired) electrons. The van der Waals surface area contributed by atoms with Gasteiger partial charge in [-0.25, -0.2) is 14.8 Å². The van der Waals surface area contributed by atoms with E-state index in [9.17, 15) is 9.59 Å². The van der Waals surface area contributed by atoms with Crippen molar-refractivity contribution < 1.29 is 19.1 Å². The molecule has 1 unspecified atom stereocenters. The number of benzene rings is 3. The lowest BCUT2D eigenvalue weighted by molar-refractivity contribution is -0.132. The molecule has 1 N–H and O–H groups in total. The molecule has 2 amide bonds. The molecule has 1 aliphatic rings. The van der Waals surface area contributed by atoms with Crippen LogP contribution in [0.4, 0.5) is 4.79 Å². The van der Waals surface area contributed by atoms with Crippen LogP contribution in [0.2, 0.25) is 0 Å². The minimum absolute atomic E-state index is 0.0841. The molecule has 1 aliphatic heterocycles. The third kappa shape index (κ3) is 9.64. The van der Waals surface area contributed by atoms with Crippen molar-refractivity contribution in [2.24, 2.45) is 0 Å². The quantitative estimate of drug-likeness (QED) is 0.138. The van der Waals surface area contributed by atoms with Crippen molar-refractivity contribution in [1.82, 2.24) is 20.2 Å². The topological polar surface area (TPSA) is 93.7 Å². The van der Waals surface area contributed by atoms with Crippen LogP contribution in [-0.2, 0) is 22.6 Å². The number of nitrogens with one attached hydrogen (secondary N) is 1. The number of aromatic nitrogens is 2. The zero-order chi connectivity index (χ0) is 32.0. The summed E-state index contributed by atoms with van der Waals surface area (Å²) in [6.07, 6.45) is 11.5. The minimum atomic E-state index is -0.717. The van der Waals surface area contributed by atoms with Gasteiger partial charge < -0.3 is 19.7 Å². The molecule has 0 saturated carbocycles. The van der Waals surface area contributed by atoms with Gasteiger partial charge in [-0.15, -0.1) is 0 Å². The van der Waals surface area contributed by atoms with Crippen molar-refractivity contribution in [3.63, 3.8) is 0 Å². The zero-order valence-electron chi connectivity index (χ0n) is 26.7. The van der Waals surface area contributed by atoms with E-state index in [1.807, 2.05) is 96.2 Å². The Morgan fingerprint density at radius 3 is 2.15 bits per heavy atom. The number of ether oxygens (including phenoxy) is 2. The van der Waals surface area contributed by atoms with Gasteiger partial charge in [-0.2, -0.15) is 0 Å². The van der Waals surface area contributed by atoms with Crippen molar-refractivity contribution in [1.29, 1.82) is 0 Å². The van der Waals surface area contributed by atoms with E-state index in [1.165, 1.54) is 25.7 Å². The summed E-state index contributed by atoms with van der Waals surface area (Å²) in [5.41, 5.74) is 4.64. The molecule has 0 aliphatic carbocycles. The Morgan fingerprint density at radius 2 is 1.46 bits per heavy atom. The molecule has 0 spiro atoms.